The molecule has 0 fully saturated rings. The van der Waals surface area contributed by atoms with Gasteiger partial charge in [0.05, 0.1) is 17.1 Å². The van der Waals surface area contributed by atoms with Crippen LogP contribution in [0.3, 0.4) is 0 Å². The minimum absolute atomic E-state index is 0.123. The van der Waals surface area contributed by atoms with Crippen LogP contribution in [0.4, 0.5) is 10.8 Å². The molecular weight excluding hydrogens is 501 g/mol. The molecule has 1 amide bonds. The predicted molar refractivity (Wildman–Crippen MR) is 142 cm³/mol. The molecule has 0 saturated heterocycles. The summed E-state index contributed by atoms with van der Waals surface area (Å²) < 4.78 is 29.1. The van der Waals surface area contributed by atoms with Gasteiger partial charge in [0.1, 0.15) is 0 Å². The molecule has 4 aromatic rings. The van der Waals surface area contributed by atoms with Gasteiger partial charge in [-0.15, -0.1) is 10.2 Å². The van der Waals surface area contributed by atoms with Crippen LogP contribution in [-0.2, 0) is 16.6 Å². The number of benzene rings is 3. The van der Waals surface area contributed by atoms with Crippen molar-refractivity contribution in [3.63, 3.8) is 0 Å². The van der Waals surface area contributed by atoms with E-state index in [2.05, 4.69) is 22.4 Å². The van der Waals surface area contributed by atoms with Crippen molar-refractivity contribution in [2.45, 2.75) is 29.1 Å². The van der Waals surface area contributed by atoms with Crippen molar-refractivity contribution in [2.75, 3.05) is 15.4 Å². The molecule has 0 saturated carbocycles. The number of carbonyl (C=O) groups is 1. The lowest BCUT2D eigenvalue weighted by Crippen LogP contribution is -2.30. The Balaban J connectivity index is 1.51. The topological polar surface area (TPSA) is 92.3 Å². The van der Waals surface area contributed by atoms with Gasteiger partial charge in [-0.05, 0) is 48.4 Å². The number of hydrogen-bond donors (Lipinski definition) is 1. The standard InChI is InChI=1S/C25H24N4O3S3/c1-2-17-33-25-28-27-24(34-25)26-23(30)20-15-13-19(14-16-20)18-29(21-9-5-3-6-10-21)35(31,32)22-11-7-4-8-12-22/h3-16H,2,17-18H2,1H3,(H,26,27,30). The van der Waals surface area contributed by atoms with Crippen LogP contribution in [0.2, 0.25) is 0 Å². The van der Waals surface area contributed by atoms with Crippen molar-refractivity contribution in [1.82, 2.24) is 10.2 Å². The summed E-state index contributed by atoms with van der Waals surface area (Å²) in [4.78, 5) is 12.9. The van der Waals surface area contributed by atoms with Gasteiger partial charge in [0.25, 0.3) is 15.9 Å². The van der Waals surface area contributed by atoms with Crippen LogP contribution in [0.5, 0.6) is 0 Å². The normalized spacial score (nSPS) is 11.2. The first-order valence-corrected chi connectivity index (χ1v) is 14.2. The van der Waals surface area contributed by atoms with E-state index in [4.69, 9.17) is 0 Å². The van der Waals surface area contributed by atoms with Gasteiger partial charge in [0.2, 0.25) is 5.13 Å². The second kappa shape index (κ2) is 11.5. The van der Waals surface area contributed by atoms with Gasteiger partial charge in [0.15, 0.2) is 4.34 Å². The van der Waals surface area contributed by atoms with E-state index in [1.54, 1.807) is 90.6 Å². The van der Waals surface area contributed by atoms with E-state index < -0.39 is 10.0 Å². The number of nitrogens with one attached hydrogen (secondary N) is 1. The molecule has 0 bridgehead atoms. The summed E-state index contributed by atoms with van der Waals surface area (Å²) in [5, 5.41) is 11.3. The maximum Gasteiger partial charge on any atom is 0.264 e. The zero-order chi connectivity index (χ0) is 24.7. The van der Waals surface area contributed by atoms with Crippen molar-refractivity contribution in [3.8, 4) is 0 Å². The fourth-order valence-corrected chi connectivity index (χ4v) is 6.38. The first-order valence-electron chi connectivity index (χ1n) is 11.0. The van der Waals surface area contributed by atoms with Crippen LogP contribution in [0, 0.1) is 0 Å². The third-order valence-electron chi connectivity index (χ3n) is 4.97. The van der Waals surface area contributed by atoms with Crippen LogP contribution in [-0.4, -0.2) is 30.3 Å². The zero-order valence-electron chi connectivity index (χ0n) is 19.0. The Morgan fingerprint density at radius 3 is 2.26 bits per heavy atom. The zero-order valence-corrected chi connectivity index (χ0v) is 21.4. The van der Waals surface area contributed by atoms with Crippen LogP contribution >= 0.6 is 23.1 Å². The predicted octanol–water partition coefficient (Wildman–Crippen LogP) is 5.69. The van der Waals surface area contributed by atoms with Gasteiger partial charge in [0, 0.05) is 11.3 Å². The Bertz CT molecular complexity index is 1360. The summed E-state index contributed by atoms with van der Waals surface area (Å²) >= 11 is 2.95. The molecule has 0 radical (unpaired) electrons. The number of hydrogen-bond acceptors (Lipinski definition) is 7. The minimum atomic E-state index is -3.79. The van der Waals surface area contributed by atoms with Gasteiger partial charge >= 0.3 is 0 Å². The summed E-state index contributed by atoms with van der Waals surface area (Å²) in [5.41, 5.74) is 1.76. The lowest BCUT2D eigenvalue weighted by Gasteiger charge is -2.24. The molecule has 0 unspecified atom stereocenters. The second-order valence-electron chi connectivity index (χ2n) is 7.53. The van der Waals surface area contributed by atoms with Gasteiger partial charge in [-0.2, -0.15) is 0 Å². The minimum Gasteiger partial charge on any atom is -0.296 e. The highest BCUT2D eigenvalue weighted by Crippen LogP contribution is 2.27. The quantitative estimate of drug-likeness (QED) is 0.212. The maximum absolute atomic E-state index is 13.4. The summed E-state index contributed by atoms with van der Waals surface area (Å²) in [5.74, 6) is 0.654. The molecule has 1 heterocycles. The highest BCUT2D eigenvalue weighted by atomic mass is 32.2. The molecule has 7 nitrogen and oxygen atoms in total. The molecule has 1 N–H and O–H groups in total. The molecule has 4 rings (SSSR count). The average Bonchev–Trinajstić information content (AvgIpc) is 3.34. The van der Waals surface area contributed by atoms with E-state index in [1.165, 1.54) is 15.6 Å². The van der Waals surface area contributed by atoms with Crippen molar-refractivity contribution in [3.05, 3.63) is 96.1 Å². The molecule has 180 valence electrons. The Morgan fingerprint density at radius 1 is 0.943 bits per heavy atom. The Hall–Kier alpha value is -3.21. The van der Waals surface area contributed by atoms with E-state index in [0.717, 1.165) is 22.1 Å². The lowest BCUT2D eigenvalue weighted by molar-refractivity contribution is 0.102. The average molecular weight is 525 g/mol. The molecule has 0 aliphatic heterocycles. The highest BCUT2D eigenvalue weighted by molar-refractivity contribution is 8.01. The SMILES string of the molecule is CCCSc1nnc(NC(=O)c2ccc(CN(c3ccccc3)S(=O)(=O)c3ccccc3)cc2)s1. The van der Waals surface area contributed by atoms with Gasteiger partial charge in [-0.3, -0.25) is 14.4 Å². The number of rotatable bonds is 10. The highest BCUT2D eigenvalue weighted by Gasteiger charge is 2.25. The smallest absolute Gasteiger partial charge is 0.264 e. The van der Waals surface area contributed by atoms with Crippen molar-refractivity contribution in [1.29, 1.82) is 0 Å². The molecule has 0 atom stereocenters. The maximum atomic E-state index is 13.4. The molecule has 0 aliphatic rings. The van der Waals surface area contributed by atoms with Crippen LogP contribution in [0.1, 0.15) is 29.3 Å². The number of aromatic nitrogens is 2. The first kappa shape index (κ1) is 24.9. The number of thioether (sulfide) groups is 1. The van der Waals surface area contributed by atoms with Gasteiger partial charge in [-0.25, -0.2) is 8.42 Å². The molecular formula is C25H24N4O3S3. The summed E-state index contributed by atoms with van der Waals surface area (Å²) in [6.45, 7) is 2.22. The third kappa shape index (κ3) is 6.27. The first-order chi connectivity index (χ1) is 17.0. The molecule has 1 aromatic heterocycles. The Morgan fingerprint density at radius 2 is 1.60 bits per heavy atom. The number of para-hydroxylation sites is 1. The van der Waals surface area contributed by atoms with Crippen molar-refractivity contribution < 1.29 is 13.2 Å². The molecule has 0 spiro atoms. The Labute approximate surface area is 213 Å². The summed E-state index contributed by atoms with van der Waals surface area (Å²) in [6, 6.07) is 24.2. The number of carbonyl (C=O) groups excluding carboxylic acids is 1. The lowest BCUT2D eigenvalue weighted by atomic mass is 10.1. The number of sulfonamides is 1. The van der Waals surface area contributed by atoms with Gasteiger partial charge in [-0.1, -0.05) is 78.6 Å². The number of nitrogens with zero attached hydrogens (tertiary/aromatic N) is 3. The van der Waals surface area contributed by atoms with E-state index in [1.807, 2.05) is 6.07 Å². The van der Waals surface area contributed by atoms with Crippen molar-refractivity contribution >= 4 is 49.8 Å². The van der Waals surface area contributed by atoms with Crippen molar-refractivity contribution in [2.24, 2.45) is 0 Å². The Kier molecular flexibility index (Phi) is 8.17. The number of anilines is 2. The third-order valence-corrected chi connectivity index (χ3v) is 8.94. The molecule has 0 aliphatic carbocycles. The largest absolute Gasteiger partial charge is 0.296 e. The molecule has 35 heavy (non-hydrogen) atoms. The van der Waals surface area contributed by atoms with E-state index in [-0.39, 0.29) is 17.3 Å². The monoisotopic (exact) mass is 524 g/mol. The van der Waals surface area contributed by atoms with E-state index >= 15 is 0 Å². The van der Waals surface area contributed by atoms with Crippen LogP contribution in [0.25, 0.3) is 0 Å². The van der Waals surface area contributed by atoms with Crippen LogP contribution in [0.15, 0.2) is 94.2 Å². The van der Waals surface area contributed by atoms with E-state index in [9.17, 15) is 13.2 Å². The van der Waals surface area contributed by atoms with E-state index in [0.29, 0.717) is 16.4 Å². The molecule has 10 heteroatoms. The molecule has 3 aromatic carbocycles. The van der Waals surface area contributed by atoms with Gasteiger partial charge < -0.3 is 0 Å². The fraction of sp³-hybridized carbons (Fsp3) is 0.160. The van der Waals surface area contributed by atoms with Crippen LogP contribution < -0.4 is 9.62 Å². The second-order valence-corrected chi connectivity index (χ2v) is 11.7. The fourth-order valence-electron chi connectivity index (χ4n) is 3.23. The number of amides is 1. The summed E-state index contributed by atoms with van der Waals surface area (Å²) in [6.07, 6.45) is 1.03. The summed E-state index contributed by atoms with van der Waals surface area (Å²) in [7, 11) is -3.79.